The molecule has 0 spiro atoms. The minimum Gasteiger partial charge on any atom is -0.350 e. The number of amides is 2. The normalized spacial score (nSPS) is 14.1. The van der Waals surface area contributed by atoms with Crippen molar-refractivity contribution in [3.8, 4) is 0 Å². The quantitative estimate of drug-likeness (QED) is 0.466. The highest BCUT2D eigenvalue weighted by molar-refractivity contribution is 9.09. The average Bonchev–Trinajstić information content (AvgIpc) is 3.18. The lowest BCUT2D eigenvalue weighted by Crippen LogP contribution is -2.24. The molecule has 2 heterocycles. The molecular weight excluding hydrogens is 406 g/mol. The van der Waals surface area contributed by atoms with Crippen molar-refractivity contribution in [2.75, 3.05) is 10.6 Å². The van der Waals surface area contributed by atoms with Crippen LogP contribution in [0.25, 0.3) is 16.5 Å². The van der Waals surface area contributed by atoms with Gasteiger partial charge in [-0.2, -0.15) is 0 Å². The molecule has 0 unspecified atom stereocenters. The van der Waals surface area contributed by atoms with E-state index >= 15 is 0 Å². The maximum absolute atomic E-state index is 12.6. The van der Waals surface area contributed by atoms with E-state index in [1.54, 1.807) is 0 Å². The van der Waals surface area contributed by atoms with E-state index in [1.165, 1.54) is 0 Å². The number of nitrogens with zero attached hydrogens (tertiary/aromatic N) is 1. The summed E-state index contributed by atoms with van der Waals surface area (Å²) >= 11 is 3.47. The third-order valence-corrected chi connectivity index (χ3v) is 5.13. The van der Waals surface area contributed by atoms with Crippen molar-refractivity contribution >= 4 is 49.9 Å². The number of aryl methyl sites for hydroxylation is 1. The fourth-order valence-electron chi connectivity index (χ4n) is 3.36. The van der Waals surface area contributed by atoms with Crippen molar-refractivity contribution in [2.45, 2.75) is 13.0 Å². The van der Waals surface area contributed by atoms with Gasteiger partial charge in [-0.3, -0.25) is 14.9 Å². The van der Waals surface area contributed by atoms with Crippen LogP contribution in [0.2, 0.25) is 0 Å². The number of nitrogens with one attached hydrogen (secondary N) is 2. The van der Waals surface area contributed by atoms with Crippen molar-refractivity contribution in [3.63, 3.8) is 0 Å². The number of para-hydroxylation sites is 2. The van der Waals surface area contributed by atoms with E-state index in [2.05, 4.69) is 31.1 Å². The van der Waals surface area contributed by atoms with E-state index in [9.17, 15) is 9.59 Å². The van der Waals surface area contributed by atoms with Gasteiger partial charge in [0.1, 0.15) is 5.70 Å². The Bertz CT molecular complexity index is 1050. The molecule has 0 bridgehead atoms. The van der Waals surface area contributed by atoms with Gasteiger partial charge in [-0.1, -0.05) is 52.3 Å². The number of hydrogen-bond donors (Lipinski definition) is 2. The molecule has 5 nitrogen and oxygen atoms in total. The second-order valence-corrected chi connectivity index (χ2v) is 7.11. The third kappa shape index (κ3) is 3.28. The maximum Gasteiger partial charge on any atom is 0.275 e. The van der Waals surface area contributed by atoms with Gasteiger partial charge in [0.05, 0.1) is 5.57 Å². The minimum atomic E-state index is -0.406. The molecule has 27 heavy (non-hydrogen) atoms. The first-order chi connectivity index (χ1) is 13.2. The fraction of sp³-hybridized carbons (Fsp3) is 0.143. The molecule has 3 aromatic rings. The summed E-state index contributed by atoms with van der Waals surface area (Å²) in [5, 5.41) is 7.40. The number of imide groups is 1. The van der Waals surface area contributed by atoms with Gasteiger partial charge in [0.25, 0.3) is 11.8 Å². The molecule has 1 aliphatic heterocycles. The first kappa shape index (κ1) is 17.5. The van der Waals surface area contributed by atoms with Gasteiger partial charge < -0.3 is 9.88 Å². The average molecular weight is 424 g/mol. The second kappa shape index (κ2) is 7.40. The molecule has 0 fully saturated rings. The Morgan fingerprint density at radius 1 is 0.963 bits per heavy atom. The van der Waals surface area contributed by atoms with E-state index in [0.717, 1.165) is 40.4 Å². The number of carbonyl (C=O) groups is 2. The van der Waals surface area contributed by atoms with Gasteiger partial charge >= 0.3 is 0 Å². The van der Waals surface area contributed by atoms with Crippen LogP contribution in [0.4, 0.5) is 5.69 Å². The van der Waals surface area contributed by atoms with E-state index in [1.807, 2.05) is 60.8 Å². The summed E-state index contributed by atoms with van der Waals surface area (Å²) in [6.07, 6.45) is 2.94. The zero-order chi connectivity index (χ0) is 18.8. The summed E-state index contributed by atoms with van der Waals surface area (Å²) in [7, 11) is 0. The summed E-state index contributed by atoms with van der Waals surface area (Å²) in [5.74, 6) is -0.780. The molecule has 0 saturated carbocycles. The largest absolute Gasteiger partial charge is 0.350 e. The van der Waals surface area contributed by atoms with Gasteiger partial charge in [0.15, 0.2) is 0 Å². The van der Waals surface area contributed by atoms with Gasteiger partial charge in [-0.25, -0.2) is 0 Å². The molecule has 2 N–H and O–H groups in total. The van der Waals surface area contributed by atoms with Crippen LogP contribution >= 0.6 is 15.9 Å². The number of anilines is 1. The van der Waals surface area contributed by atoms with Crippen molar-refractivity contribution in [1.82, 2.24) is 9.88 Å². The number of alkyl halides is 1. The van der Waals surface area contributed by atoms with Crippen molar-refractivity contribution < 1.29 is 9.59 Å². The number of carbonyl (C=O) groups excluding carboxylic acids is 2. The first-order valence-electron chi connectivity index (χ1n) is 8.75. The van der Waals surface area contributed by atoms with E-state index in [-0.39, 0.29) is 11.6 Å². The number of fused-ring (bicyclic) bond motifs is 1. The highest BCUT2D eigenvalue weighted by atomic mass is 79.9. The number of halogens is 1. The highest BCUT2D eigenvalue weighted by Gasteiger charge is 2.33. The standard InChI is InChI=1S/C21H18BrN3O2/c22-11-6-12-25-13-16(15-9-4-5-10-17(15)25)18-19(21(27)24-20(18)26)23-14-7-2-1-3-8-14/h1-5,7-10,13H,6,11-12H2,(H2,23,24,26,27). The van der Waals surface area contributed by atoms with Gasteiger partial charge in [0.2, 0.25) is 0 Å². The lowest BCUT2D eigenvalue weighted by atomic mass is 10.0. The molecule has 0 saturated heterocycles. The van der Waals surface area contributed by atoms with Crippen LogP contribution in [-0.4, -0.2) is 21.7 Å². The lowest BCUT2D eigenvalue weighted by Gasteiger charge is -2.07. The number of benzene rings is 2. The summed E-state index contributed by atoms with van der Waals surface area (Å²) in [6.45, 7) is 0.829. The van der Waals surface area contributed by atoms with Gasteiger partial charge in [-0.15, -0.1) is 0 Å². The monoisotopic (exact) mass is 423 g/mol. The predicted molar refractivity (Wildman–Crippen MR) is 110 cm³/mol. The van der Waals surface area contributed by atoms with Crippen LogP contribution in [-0.2, 0) is 16.1 Å². The molecule has 1 aromatic heterocycles. The van der Waals surface area contributed by atoms with Crippen LogP contribution in [0, 0.1) is 0 Å². The Labute approximate surface area is 165 Å². The van der Waals surface area contributed by atoms with E-state index < -0.39 is 5.91 Å². The molecule has 0 radical (unpaired) electrons. The first-order valence-corrected chi connectivity index (χ1v) is 9.87. The predicted octanol–water partition coefficient (Wildman–Crippen LogP) is 3.91. The lowest BCUT2D eigenvalue weighted by molar-refractivity contribution is -0.123. The molecule has 1 aliphatic rings. The van der Waals surface area contributed by atoms with Crippen molar-refractivity contribution in [2.24, 2.45) is 0 Å². The van der Waals surface area contributed by atoms with Crippen LogP contribution in [0.5, 0.6) is 0 Å². The zero-order valence-corrected chi connectivity index (χ0v) is 16.1. The van der Waals surface area contributed by atoms with Crippen molar-refractivity contribution in [1.29, 1.82) is 0 Å². The van der Waals surface area contributed by atoms with E-state index in [0.29, 0.717) is 5.57 Å². The highest BCUT2D eigenvalue weighted by Crippen LogP contribution is 2.32. The molecular formula is C21H18BrN3O2. The fourth-order valence-corrected chi connectivity index (χ4v) is 3.61. The molecule has 2 amide bonds. The zero-order valence-electron chi connectivity index (χ0n) is 14.5. The number of aromatic nitrogens is 1. The molecule has 0 atom stereocenters. The summed E-state index contributed by atoms with van der Waals surface area (Å²) in [5.41, 5.74) is 3.25. The Hall–Kier alpha value is -2.86. The molecule has 6 heteroatoms. The van der Waals surface area contributed by atoms with Crippen LogP contribution in [0.1, 0.15) is 12.0 Å². The molecule has 136 valence electrons. The molecule has 4 rings (SSSR count). The molecule has 0 aliphatic carbocycles. The van der Waals surface area contributed by atoms with Gasteiger partial charge in [0, 0.05) is 40.2 Å². The Balaban J connectivity index is 1.86. The smallest absolute Gasteiger partial charge is 0.275 e. The van der Waals surface area contributed by atoms with Gasteiger partial charge in [-0.05, 0) is 24.6 Å². The van der Waals surface area contributed by atoms with Crippen LogP contribution < -0.4 is 10.6 Å². The minimum absolute atomic E-state index is 0.287. The summed E-state index contributed by atoms with van der Waals surface area (Å²) in [4.78, 5) is 25.0. The Kier molecular flexibility index (Phi) is 4.81. The Morgan fingerprint density at radius 2 is 1.70 bits per heavy atom. The number of hydrogen-bond acceptors (Lipinski definition) is 3. The molecule has 2 aromatic carbocycles. The SMILES string of the molecule is O=C1NC(=O)C(c2cn(CCCBr)c3ccccc23)=C1Nc1ccccc1. The second-order valence-electron chi connectivity index (χ2n) is 6.32. The summed E-state index contributed by atoms with van der Waals surface area (Å²) in [6, 6.07) is 17.3. The van der Waals surface area contributed by atoms with Crippen molar-refractivity contribution in [3.05, 3.63) is 72.1 Å². The Morgan fingerprint density at radius 3 is 2.48 bits per heavy atom. The van der Waals surface area contributed by atoms with E-state index in [4.69, 9.17) is 0 Å². The topological polar surface area (TPSA) is 63.1 Å². The third-order valence-electron chi connectivity index (χ3n) is 4.56. The van der Waals surface area contributed by atoms with Crippen LogP contribution in [0.15, 0.2) is 66.5 Å². The number of rotatable bonds is 6. The maximum atomic E-state index is 12.6. The van der Waals surface area contributed by atoms with Crippen LogP contribution in [0.3, 0.4) is 0 Å². The summed E-state index contributed by atoms with van der Waals surface area (Å²) < 4.78 is 2.13.